The molecule has 1 amide bonds. The normalized spacial score (nSPS) is 12.4. The van der Waals surface area contributed by atoms with E-state index in [-0.39, 0.29) is 23.7 Å². The van der Waals surface area contributed by atoms with Gasteiger partial charge in [-0.25, -0.2) is 9.07 Å². The summed E-state index contributed by atoms with van der Waals surface area (Å²) in [7, 11) is 3.83. The number of carbonyl (C=O) groups is 1. The first kappa shape index (κ1) is 21.7. The topological polar surface area (TPSA) is 50.2 Å². The van der Waals surface area contributed by atoms with Gasteiger partial charge in [-0.2, -0.15) is 5.10 Å². The number of amides is 1. The van der Waals surface area contributed by atoms with Gasteiger partial charge in [-0.15, -0.1) is 0 Å². The maximum atomic E-state index is 13.7. The second-order valence-corrected chi connectivity index (χ2v) is 8.09. The van der Waals surface area contributed by atoms with Crippen molar-refractivity contribution in [2.45, 2.75) is 32.7 Å². The molecule has 1 N–H and O–H groups in total. The minimum absolute atomic E-state index is 0.113. The van der Waals surface area contributed by atoms with Crippen molar-refractivity contribution in [3.63, 3.8) is 0 Å². The average Bonchev–Trinajstić information content (AvgIpc) is 3.14. The molecule has 3 rings (SSSR count). The standard InChI is InChI=1S/C24H29FN4O/c1-16(2)23-21(14-27-29(23)20-11-9-17(3)10-12-20)24(30)26-15-22(28(4)5)18-7-6-8-19(25)13-18/h6-14,16,22H,15H2,1-5H3,(H,26,30). The van der Waals surface area contributed by atoms with Crippen molar-refractivity contribution in [2.24, 2.45) is 0 Å². The molecule has 2 aromatic carbocycles. The number of benzene rings is 2. The van der Waals surface area contributed by atoms with Crippen molar-refractivity contribution in [3.8, 4) is 5.69 Å². The third kappa shape index (κ3) is 4.76. The zero-order valence-electron chi connectivity index (χ0n) is 18.2. The number of aromatic nitrogens is 2. The number of aryl methyl sites for hydroxylation is 1. The van der Waals surface area contributed by atoms with E-state index >= 15 is 0 Å². The van der Waals surface area contributed by atoms with Crippen LogP contribution in [-0.2, 0) is 0 Å². The van der Waals surface area contributed by atoms with Gasteiger partial charge >= 0.3 is 0 Å². The third-order valence-electron chi connectivity index (χ3n) is 5.19. The molecule has 1 heterocycles. The summed E-state index contributed by atoms with van der Waals surface area (Å²) in [6, 6.07) is 14.4. The van der Waals surface area contributed by atoms with Gasteiger partial charge in [0.05, 0.1) is 29.2 Å². The first-order chi connectivity index (χ1) is 14.3. The van der Waals surface area contributed by atoms with E-state index < -0.39 is 0 Å². The molecule has 0 radical (unpaired) electrons. The van der Waals surface area contributed by atoms with Crippen LogP contribution in [0.1, 0.15) is 53.0 Å². The van der Waals surface area contributed by atoms with Crippen LogP contribution in [-0.4, -0.2) is 41.2 Å². The summed E-state index contributed by atoms with van der Waals surface area (Å²) in [6.07, 6.45) is 1.62. The van der Waals surface area contributed by atoms with Crippen LogP contribution in [0.4, 0.5) is 4.39 Å². The molecule has 1 aromatic heterocycles. The Kier molecular flexibility index (Phi) is 6.67. The summed E-state index contributed by atoms with van der Waals surface area (Å²) in [6.45, 7) is 6.50. The fourth-order valence-electron chi connectivity index (χ4n) is 3.58. The molecule has 0 aliphatic carbocycles. The lowest BCUT2D eigenvalue weighted by Gasteiger charge is -2.25. The van der Waals surface area contributed by atoms with Gasteiger partial charge in [0.15, 0.2) is 0 Å². The Hall–Kier alpha value is -2.99. The van der Waals surface area contributed by atoms with Crippen LogP contribution in [0.2, 0.25) is 0 Å². The van der Waals surface area contributed by atoms with E-state index in [0.717, 1.165) is 16.9 Å². The van der Waals surface area contributed by atoms with Crippen LogP contribution in [0, 0.1) is 12.7 Å². The number of nitrogens with zero attached hydrogens (tertiary/aromatic N) is 3. The maximum absolute atomic E-state index is 13.7. The fourth-order valence-corrected chi connectivity index (χ4v) is 3.58. The molecule has 0 saturated heterocycles. The van der Waals surface area contributed by atoms with Crippen molar-refractivity contribution >= 4 is 5.91 Å². The number of halogens is 1. The van der Waals surface area contributed by atoms with Crippen molar-refractivity contribution in [2.75, 3.05) is 20.6 Å². The van der Waals surface area contributed by atoms with Crippen LogP contribution >= 0.6 is 0 Å². The van der Waals surface area contributed by atoms with Gasteiger partial charge < -0.3 is 10.2 Å². The number of likely N-dealkylation sites (N-methyl/N-ethyl adjacent to an activating group) is 1. The van der Waals surface area contributed by atoms with Crippen molar-refractivity contribution in [1.29, 1.82) is 0 Å². The van der Waals surface area contributed by atoms with Crippen LogP contribution in [0.3, 0.4) is 0 Å². The fraction of sp³-hybridized carbons (Fsp3) is 0.333. The third-order valence-corrected chi connectivity index (χ3v) is 5.19. The molecule has 5 nitrogen and oxygen atoms in total. The lowest BCUT2D eigenvalue weighted by molar-refractivity contribution is 0.0940. The van der Waals surface area contributed by atoms with E-state index in [9.17, 15) is 9.18 Å². The van der Waals surface area contributed by atoms with Crippen LogP contribution < -0.4 is 5.32 Å². The lowest BCUT2D eigenvalue weighted by atomic mass is 10.0. The molecule has 0 spiro atoms. The SMILES string of the molecule is Cc1ccc(-n2ncc(C(=O)NCC(c3cccc(F)c3)N(C)C)c2C(C)C)cc1. The quantitative estimate of drug-likeness (QED) is 0.627. The molecule has 0 bridgehead atoms. The molecule has 0 aliphatic rings. The molecular weight excluding hydrogens is 379 g/mol. The highest BCUT2D eigenvalue weighted by atomic mass is 19.1. The molecule has 6 heteroatoms. The van der Waals surface area contributed by atoms with Gasteiger partial charge in [0.25, 0.3) is 5.91 Å². The van der Waals surface area contributed by atoms with Gasteiger partial charge in [-0.05, 0) is 56.8 Å². The van der Waals surface area contributed by atoms with E-state index in [1.165, 1.54) is 17.7 Å². The predicted molar refractivity (Wildman–Crippen MR) is 118 cm³/mol. The molecule has 158 valence electrons. The van der Waals surface area contributed by atoms with Crippen LogP contribution in [0.25, 0.3) is 5.69 Å². The summed E-state index contributed by atoms with van der Waals surface area (Å²) < 4.78 is 15.5. The van der Waals surface area contributed by atoms with Gasteiger partial charge in [-0.1, -0.05) is 43.7 Å². The molecule has 1 unspecified atom stereocenters. The van der Waals surface area contributed by atoms with Crippen LogP contribution in [0.5, 0.6) is 0 Å². The summed E-state index contributed by atoms with van der Waals surface area (Å²) in [5.74, 6) is -0.352. The minimum Gasteiger partial charge on any atom is -0.350 e. The Balaban J connectivity index is 1.83. The highest BCUT2D eigenvalue weighted by molar-refractivity contribution is 5.95. The Bertz CT molecular complexity index is 1010. The Morgan fingerprint density at radius 3 is 2.47 bits per heavy atom. The molecule has 0 fully saturated rings. The largest absolute Gasteiger partial charge is 0.350 e. The van der Waals surface area contributed by atoms with Crippen molar-refractivity contribution in [1.82, 2.24) is 20.0 Å². The Morgan fingerprint density at radius 1 is 1.17 bits per heavy atom. The number of rotatable bonds is 7. The Labute approximate surface area is 177 Å². The zero-order valence-corrected chi connectivity index (χ0v) is 18.2. The lowest BCUT2D eigenvalue weighted by Crippen LogP contribution is -2.35. The summed E-state index contributed by atoms with van der Waals surface area (Å²) in [5, 5.41) is 7.50. The Morgan fingerprint density at radius 2 is 1.87 bits per heavy atom. The summed E-state index contributed by atoms with van der Waals surface area (Å²) in [5.41, 5.74) is 4.34. The molecule has 0 aliphatic heterocycles. The molecule has 0 saturated carbocycles. The average molecular weight is 409 g/mol. The summed E-state index contributed by atoms with van der Waals surface area (Å²) in [4.78, 5) is 15.0. The van der Waals surface area contributed by atoms with Gasteiger partial charge in [0, 0.05) is 6.54 Å². The van der Waals surface area contributed by atoms with Gasteiger partial charge in [0.1, 0.15) is 5.82 Å². The van der Waals surface area contributed by atoms with E-state index in [0.29, 0.717) is 12.1 Å². The van der Waals surface area contributed by atoms with Crippen molar-refractivity contribution in [3.05, 3.63) is 82.9 Å². The molecule has 1 atom stereocenters. The van der Waals surface area contributed by atoms with Gasteiger partial charge in [0.2, 0.25) is 0 Å². The number of nitrogens with one attached hydrogen (secondary N) is 1. The highest BCUT2D eigenvalue weighted by Gasteiger charge is 2.22. The number of hydrogen-bond donors (Lipinski definition) is 1. The molecule has 3 aromatic rings. The van der Waals surface area contributed by atoms with E-state index in [1.807, 2.05) is 74.8 Å². The molecule has 30 heavy (non-hydrogen) atoms. The second kappa shape index (κ2) is 9.22. The van der Waals surface area contributed by atoms with E-state index in [1.54, 1.807) is 12.3 Å². The maximum Gasteiger partial charge on any atom is 0.254 e. The van der Waals surface area contributed by atoms with E-state index in [4.69, 9.17) is 0 Å². The predicted octanol–water partition coefficient (Wildman–Crippen LogP) is 4.48. The minimum atomic E-state index is -0.285. The smallest absolute Gasteiger partial charge is 0.254 e. The van der Waals surface area contributed by atoms with E-state index in [2.05, 4.69) is 10.4 Å². The number of carbonyl (C=O) groups excluding carboxylic acids is 1. The first-order valence-corrected chi connectivity index (χ1v) is 10.1. The monoisotopic (exact) mass is 408 g/mol. The highest BCUT2D eigenvalue weighted by Crippen LogP contribution is 2.24. The number of hydrogen-bond acceptors (Lipinski definition) is 3. The van der Waals surface area contributed by atoms with Crippen molar-refractivity contribution < 1.29 is 9.18 Å². The second-order valence-electron chi connectivity index (χ2n) is 8.09. The summed E-state index contributed by atoms with van der Waals surface area (Å²) >= 11 is 0. The zero-order chi connectivity index (χ0) is 21.8. The first-order valence-electron chi connectivity index (χ1n) is 10.1. The van der Waals surface area contributed by atoms with Crippen LogP contribution in [0.15, 0.2) is 54.7 Å². The molecular formula is C24H29FN4O. The van der Waals surface area contributed by atoms with Gasteiger partial charge in [-0.3, -0.25) is 4.79 Å².